The molecule has 0 spiro atoms. The zero-order valence-corrected chi connectivity index (χ0v) is 15.2. The van der Waals surface area contributed by atoms with Gasteiger partial charge in [-0.2, -0.15) is 0 Å². The highest BCUT2D eigenvalue weighted by Crippen LogP contribution is 2.41. The smallest absolute Gasteiger partial charge is 0.310 e. The second-order valence-electron chi connectivity index (χ2n) is 6.52. The summed E-state index contributed by atoms with van der Waals surface area (Å²) in [6.07, 6.45) is 3.11. The normalized spacial score (nSPS) is 23.1. The molecule has 1 fully saturated rings. The molecule has 3 atom stereocenters. The summed E-state index contributed by atoms with van der Waals surface area (Å²) in [5.41, 5.74) is 1.22. The fourth-order valence-corrected chi connectivity index (χ4v) is 3.82. The molecule has 4 nitrogen and oxygen atoms in total. The van der Waals surface area contributed by atoms with Gasteiger partial charge in [0.1, 0.15) is 0 Å². The summed E-state index contributed by atoms with van der Waals surface area (Å²) in [7, 11) is 1.49. The number of hydrogen-bond acceptors (Lipinski definition) is 4. The Bertz CT molecular complexity index is 487. The molecule has 1 aromatic rings. The predicted octanol–water partition coefficient (Wildman–Crippen LogP) is 3.50. The molecule has 0 saturated heterocycles. The fraction of sp³-hybridized carbons (Fsp3) is 0.650. The Hall–Kier alpha value is -1.39. The SMILES string of the molecule is CCN(CC)C1C(CCCOCc2ccccc2)CC1C(=O)OC. The number of carbonyl (C=O) groups is 1. The van der Waals surface area contributed by atoms with Gasteiger partial charge in [-0.25, -0.2) is 0 Å². The van der Waals surface area contributed by atoms with Gasteiger partial charge in [0.15, 0.2) is 0 Å². The Morgan fingerprint density at radius 2 is 1.92 bits per heavy atom. The van der Waals surface area contributed by atoms with Crippen LogP contribution in [-0.2, 0) is 20.9 Å². The Balaban J connectivity index is 1.73. The third kappa shape index (κ3) is 4.81. The summed E-state index contributed by atoms with van der Waals surface area (Å²) in [6.45, 7) is 7.74. The number of ether oxygens (including phenoxy) is 2. The minimum Gasteiger partial charge on any atom is -0.469 e. The first-order valence-electron chi connectivity index (χ1n) is 9.14. The zero-order chi connectivity index (χ0) is 17.4. The van der Waals surface area contributed by atoms with E-state index in [1.165, 1.54) is 12.7 Å². The van der Waals surface area contributed by atoms with Crippen molar-refractivity contribution in [1.82, 2.24) is 4.90 Å². The second-order valence-corrected chi connectivity index (χ2v) is 6.52. The van der Waals surface area contributed by atoms with Crippen LogP contribution >= 0.6 is 0 Å². The topological polar surface area (TPSA) is 38.8 Å². The van der Waals surface area contributed by atoms with Crippen molar-refractivity contribution in [2.45, 2.75) is 45.8 Å². The number of benzene rings is 1. The first kappa shape index (κ1) is 18.9. The van der Waals surface area contributed by atoms with Crippen LogP contribution in [-0.4, -0.2) is 43.7 Å². The largest absolute Gasteiger partial charge is 0.469 e. The Kier molecular flexibility index (Phi) is 7.73. The van der Waals surface area contributed by atoms with E-state index >= 15 is 0 Å². The van der Waals surface area contributed by atoms with Gasteiger partial charge >= 0.3 is 5.97 Å². The molecule has 0 radical (unpaired) electrons. The van der Waals surface area contributed by atoms with E-state index in [4.69, 9.17) is 9.47 Å². The summed E-state index contributed by atoms with van der Waals surface area (Å²) in [6, 6.07) is 10.6. The Labute approximate surface area is 146 Å². The number of carbonyl (C=O) groups excluding carboxylic acids is 1. The van der Waals surface area contributed by atoms with Crippen molar-refractivity contribution in [2.75, 3.05) is 26.8 Å². The monoisotopic (exact) mass is 333 g/mol. The first-order chi connectivity index (χ1) is 11.7. The third-order valence-electron chi connectivity index (χ3n) is 5.16. The minimum absolute atomic E-state index is 0.0464. The number of nitrogens with zero attached hydrogens (tertiary/aromatic N) is 1. The molecule has 0 bridgehead atoms. The average Bonchev–Trinajstić information content (AvgIpc) is 2.61. The molecule has 3 unspecified atom stereocenters. The molecule has 1 aliphatic rings. The highest BCUT2D eigenvalue weighted by Gasteiger charge is 2.47. The lowest BCUT2D eigenvalue weighted by Gasteiger charge is -2.49. The van der Waals surface area contributed by atoms with Crippen molar-refractivity contribution in [3.63, 3.8) is 0 Å². The molecule has 2 rings (SSSR count). The lowest BCUT2D eigenvalue weighted by Crippen LogP contribution is -2.56. The molecule has 0 amide bonds. The Morgan fingerprint density at radius 1 is 1.21 bits per heavy atom. The predicted molar refractivity (Wildman–Crippen MR) is 95.7 cm³/mol. The van der Waals surface area contributed by atoms with E-state index in [1.54, 1.807) is 0 Å². The van der Waals surface area contributed by atoms with E-state index in [2.05, 4.69) is 30.9 Å². The average molecular weight is 333 g/mol. The van der Waals surface area contributed by atoms with Crippen LogP contribution in [0.25, 0.3) is 0 Å². The molecule has 0 N–H and O–H groups in total. The lowest BCUT2D eigenvalue weighted by molar-refractivity contribution is -0.157. The fourth-order valence-electron chi connectivity index (χ4n) is 3.82. The lowest BCUT2D eigenvalue weighted by atomic mass is 9.67. The molecule has 4 heteroatoms. The molecule has 1 aliphatic carbocycles. The van der Waals surface area contributed by atoms with Crippen LogP contribution in [0, 0.1) is 11.8 Å². The van der Waals surface area contributed by atoms with Crippen molar-refractivity contribution in [2.24, 2.45) is 11.8 Å². The Morgan fingerprint density at radius 3 is 2.54 bits per heavy atom. The van der Waals surface area contributed by atoms with Gasteiger partial charge in [0, 0.05) is 12.6 Å². The maximum absolute atomic E-state index is 11.9. The van der Waals surface area contributed by atoms with E-state index in [0.29, 0.717) is 18.6 Å². The van der Waals surface area contributed by atoms with E-state index in [-0.39, 0.29) is 11.9 Å². The van der Waals surface area contributed by atoms with Crippen LogP contribution in [0.1, 0.15) is 38.7 Å². The number of methoxy groups -OCH3 is 1. The highest BCUT2D eigenvalue weighted by molar-refractivity contribution is 5.74. The summed E-state index contributed by atoms with van der Waals surface area (Å²) >= 11 is 0. The minimum atomic E-state index is -0.0523. The van der Waals surface area contributed by atoms with E-state index in [0.717, 1.165) is 39.0 Å². The van der Waals surface area contributed by atoms with Crippen LogP contribution < -0.4 is 0 Å². The standard InChI is InChI=1S/C20H31NO3/c1-4-21(5-2)19-17(14-18(19)20(22)23-3)12-9-13-24-15-16-10-7-6-8-11-16/h6-8,10-11,17-19H,4-5,9,12-15H2,1-3H3. The van der Waals surface area contributed by atoms with Gasteiger partial charge in [0.05, 0.1) is 19.6 Å². The highest BCUT2D eigenvalue weighted by atomic mass is 16.5. The summed E-state index contributed by atoms with van der Waals surface area (Å²) in [5.74, 6) is 0.572. The van der Waals surface area contributed by atoms with Gasteiger partial charge in [-0.3, -0.25) is 9.69 Å². The number of rotatable bonds is 10. The van der Waals surface area contributed by atoms with Crippen LogP contribution in [0.5, 0.6) is 0 Å². The summed E-state index contributed by atoms with van der Waals surface area (Å²) < 4.78 is 10.8. The van der Waals surface area contributed by atoms with Crippen LogP contribution in [0.15, 0.2) is 30.3 Å². The van der Waals surface area contributed by atoms with Crippen LogP contribution in [0.2, 0.25) is 0 Å². The van der Waals surface area contributed by atoms with Crippen LogP contribution in [0.3, 0.4) is 0 Å². The van der Waals surface area contributed by atoms with Gasteiger partial charge in [-0.1, -0.05) is 44.2 Å². The first-order valence-corrected chi connectivity index (χ1v) is 9.14. The van der Waals surface area contributed by atoms with Crippen molar-refractivity contribution in [3.05, 3.63) is 35.9 Å². The zero-order valence-electron chi connectivity index (χ0n) is 15.2. The number of hydrogen-bond donors (Lipinski definition) is 0. The van der Waals surface area contributed by atoms with E-state index in [9.17, 15) is 4.79 Å². The van der Waals surface area contributed by atoms with Crippen LogP contribution in [0.4, 0.5) is 0 Å². The summed E-state index contributed by atoms with van der Waals surface area (Å²) in [4.78, 5) is 14.3. The molecule has 0 aliphatic heterocycles. The molecular weight excluding hydrogens is 302 g/mol. The van der Waals surface area contributed by atoms with Gasteiger partial charge in [-0.05, 0) is 43.8 Å². The van der Waals surface area contributed by atoms with Gasteiger partial charge in [0.2, 0.25) is 0 Å². The quantitative estimate of drug-likeness (QED) is 0.485. The van der Waals surface area contributed by atoms with Crippen molar-refractivity contribution in [1.29, 1.82) is 0 Å². The van der Waals surface area contributed by atoms with Crippen molar-refractivity contribution < 1.29 is 14.3 Å². The molecule has 134 valence electrons. The van der Waals surface area contributed by atoms with Crippen molar-refractivity contribution in [3.8, 4) is 0 Å². The molecule has 24 heavy (non-hydrogen) atoms. The van der Waals surface area contributed by atoms with Gasteiger partial charge in [-0.15, -0.1) is 0 Å². The second kappa shape index (κ2) is 9.80. The summed E-state index contributed by atoms with van der Waals surface area (Å²) in [5, 5.41) is 0. The maximum Gasteiger partial charge on any atom is 0.310 e. The van der Waals surface area contributed by atoms with E-state index < -0.39 is 0 Å². The number of esters is 1. The molecule has 1 aromatic carbocycles. The van der Waals surface area contributed by atoms with Crippen molar-refractivity contribution >= 4 is 5.97 Å². The van der Waals surface area contributed by atoms with Gasteiger partial charge < -0.3 is 9.47 Å². The van der Waals surface area contributed by atoms with E-state index in [1.807, 2.05) is 18.2 Å². The molecule has 1 saturated carbocycles. The maximum atomic E-state index is 11.9. The third-order valence-corrected chi connectivity index (χ3v) is 5.16. The molecule has 0 aromatic heterocycles. The molecule has 0 heterocycles. The van der Waals surface area contributed by atoms with Gasteiger partial charge in [0.25, 0.3) is 0 Å². The molecular formula is C20H31NO3.